The molecule has 1 heterocycles. The van der Waals surface area contributed by atoms with E-state index < -0.39 is 0 Å². The molecule has 1 N–H and O–H groups in total. The highest BCUT2D eigenvalue weighted by Gasteiger charge is 2.15. The van der Waals surface area contributed by atoms with Crippen molar-refractivity contribution >= 4 is 12.0 Å². The first-order chi connectivity index (χ1) is 13.9. The fourth-order valence-electron chi connectivity index (χ4n) is 3.46. The van der Waals surface area contributed by atoms with Crippen molar-refractivity contribution in [1.82, 2.24) is 9.88 Å². The predicted octanol–water partition coefficient (Wildman–Crippen LogP) is 4.93. The zero-order valence-electron chi connectivity index (χ0n) is 17.3. The van der Waals surface area contributed by atoms with Gasteiger partial charge in [0.05, 0.1) is 0 Å². The lowest BCUT2D eigenvalue weighted by Gasteiger charge is -2.14. The summed E-state index contributed by atoms with van der Waals surface area (Å²) in [7, 11) is 0. The number of amides is 1. The van der Waals surface area contributed by atoms with Gasteiger partial charge in [-0.05, 0) is 68.2 Å². The van der Waals surface area contributed by atoms with E-state index >= 15 is 0 Å². The van der Waals surface area contributed by atoms with E-state index in [0.717, 1.165) is 28.2 Å². The summed E-state index contributed by atoms with van der Waals surface area (Å²) in [5.41, 5.74) is 7.58. The number of carbonyl (C=O) groups is 1. The molecule has 29 heavy (non-hydrogen) atoms. The smallest absolute Gasteiger partial charge is 0.262 e. The second-order valence-electron chi connectivity index (χ2n) is 7.22. The van der Waals surface area contributed by atoms with Gasteiger partial charge in [0.2, 0.25) is 0 Å². The third-order valence-electron chi connectivity index (χ3n) is 5.25. The van der Waals surface area contributed by atoms with Crippen molar-refractivity contribution in [2.24, 2.45) is 0 Å². The van der Waals surface area contributed by atoms with E-state index in [1.165, 1.54) is 11.1 Å². The molecule has 1 amide bonds. The number of rotatable bonds is 5. The molecule has 2 aromatic carbocycles. The highest BCUT2D eigenvalue weighted by atomic mass is 16.1. The Morgan fingerprint density at radius 2 is 1.79 bits per heavy atom. The van der Waals surface area contributed by atoms with Crippen LogP contribution >= 0.6 is 0 Å². The number of nitrogens with one attached hydrogen (secondary N) is 1. The third kappa shape index (κ3) is 4.30. The van der Waals surface area contributed by atoms with Crippen LogP contribution in [0.25, 0.3) is 11.8 Å². The molecule has 4 nitrogen and oxygen atoms in total. The molecular formula is C25H25N3O. The van der Waals surface area contributed by atoms with Gasteiger partial charge >= 0.3 is 0 Å². The van der Waals surface area contributed by atoms with Crippen LogP contribution < -0.4 is 5.32 Å². The maximum absolute atomic E-state index is 12.5. The van der Waals surface area contributed by atoms with Crippen molar-refractivity contribution in [2.45, 2.75) is 34.2 Å². The van der Waals surface area contributed by atoms with Crippen molar-refractivity contribution in [2.75, 3.05) is 0 Å². The first kappa shape index (κ1) is 20.2. The van der Waals surface area contributed by atoms with Gasteiger partial charge < -0.3 is 9.88 Å². The van der Waals surface area contributed by atoms with E-state index in [2.05, 4.69) is 35.9 Å². The Morgan fingerprint density at radius 3 is 2.48 bits per heavy atom. The summed E-state index contributed by atoms with van der Waals surface area (Å²) < 4.78 is 2.17. The zero-order chi connectivity index (χ0) is 21.0. The van der Waals surface area contributed by atoms with Crippen LogP contribution in [-0.4, -0.2) is 10.5 Å². The molecule has 0 radical (unpaired) electrons. The second kappa shape index (κ2) is 8.62. The van der Waals surface area contributed by atoms with Crippen LogP contribution in [0.5, 0.6) is 0 Å². The molecule has 0 fully saturated rings. The molecule has 3 rings (SSSR count). The van der Waals surface area contributed by atoms with Gasteiger partial charge in [0.15, 0.2) is 0 Å². The molecule has 0 aliphatic heterocycles. The van der Waals surface area contributed by atoms with Crippen LogP contribution in [-0.2, 0) is 11.3 Å². The number of carbonyl (C=O) groups excluding carboxylic acids is 1. The average molecular weight is 383 g/mol. The number of hydrogen-bond acceptors (Lipinski definition) is 2. The molecule has 0 unspecified atom stereocenters. The molecule has 0 atom stereocenters. The van der Waals surface area contributed by atoms with Gasteiger partial charge in [-0.25, -0.2) is 0 Å². The van der Waals surface area contributed by atoms with Crippen molar-refractivity contribution in [3.05, 3.63) is 93.8 Å². The summed E-state index contributed by atoms with van der Waals surface area (Å²) in [4.78, 5) is 12.5. The quantitative estimate of drug-likeness (QED) is 0.501. The minimum absolute atomic E-state index is 0.0992. The average Bonchev–Trinajstić information content (AvgIpc) is 3.00. The number of aromatic nitrogens is 1. The van der Waals surface area contributed by atoms with Crippen molar-refractivity contribution in [3.8, 4) is 11.8 Å². The van der Waals surface area contributed by atoms with Crippen molar-refractivity contribution in [3.63, 3.8) is 0 Å². The van der Waals surface area contributed by atoms with Crippen molar-refractivity contribution in [1.29, 1.82) is 5.26 Å². The van der Waals surface area contributed by atoms with Crippen molar-refractivity contribution < 1.29 is 4.79 Å². The molecule has 3 aromatic rings. The molecule has 0 bridgehead atoms. The topological polar surface area (TPSA) is 57.8 Å². The van der Waals surface area contributed by atoms with Crippen LogP contribution in [0.15, 0.2) is 60.2 Å². The van der Waals surface area contributed by atoms with E-state index in [4.69, 9.17) is 0 Å². The van der Waals surface area contributed by atoms with Crippen LogP contribution in [0, 0.1) is 39.0 Å². The Kier molecular flexibility index (Phi) is 5.99. The molecule has 146 valence electrons. The Morgan fingerprint density at radius 1 is 1.07 bits per heavy atom. The lowest BCUT2D eigenvalue weighted by atomic mass is 10.1. The van der Waals surface area contributed by atoms with Crippen LogP contribution in [0.4, 0.5) is 0 Å². The first-order valence-electron chi connectivity index (χ1n) is 9.62. The molecule has 0 aliphatic carbocycles. The van der Waals surface area contributed by atoms with Gasteiger partial charge in [-0.2, -0.15) is 5.26 Å². The lowest BCUT2D eigenvalue weighted by Crippen LogP contribution is -2.23. The lowest BCUT2D eigenvalue weighted by molar-refractivity contribution is -0.117. The molecule has 1 aromatic heterocycles. The van der Waals surface area contributed by atoms with Gasteiger partial charge in [0, 0.05) is 23.6 Å². The van der Waals surface area contributed by atoms with Gasteiger partial charge in [0.1, 0.15) is 11.6 Å². The molecule has 0 aliphatic rings. The first-order valence-corrected chi connectivity index (χ1v) is 9.62. The molecule has 4 heteroatoms. The highest BCUT2D eigenvalue weighted by molar-refractivity contribution is 6.01. The summed E-state index contributed by atoms with van der Waals surface area (Å²) in [6.07, 6.45) is 1.67. The number of nitrogens with zero attached hydrogens (tertiary/aromatic N) is 2. The normalized spacial score (nSPS) is 11.2. The maximum atomic E-state index is 12.5. The van der Waals surface area contributed by atoms with Crippen LogP contribution in [0.3, 0.4) is 0 Å². The fourth-order valence-corrected chi connectivity index (χ4v) is 3.46. The molecular weight excluding hydrogens is 358 g/mol. The van der Waals surface area contributed by atoms with Gasteiger partial charge in [0.25, 0.3) is 5.91 Å². The summed E-state index contributed by atoms with van der Waals surface area (Å²) in [5, 5.41) is 12.4. The SMILES string of the molecule is Cc1cccc(-n2c(C)cc(/C=C(/C#N)C(=O)NCc3ccccc3)c2C)c1C. The molecule has 0 saturated heterocycles. The standard InChI is InChI=1S/C25H25N3O/c1-17-9-8-12-24(19(17)3)28-18(2)13-22(20(28)4)14-23(15-26)25(29)27-16-21-10-6-5-7-11-21/h5-14H,16H2,1-4H3,(H,27,29)/b23-14-. The van der Waals surface area contributed by atoms with E-state index in [1.54, 1.807) is 6.08 Å². The summed E-state index contributed by atoms with van der Waals surface area (Å²) >= 11 is 0. The predicted molar refractivity (Wildman–Crippen MR) is 117 cm³/mol. The monoisotopic (exact) mass is 383 g/mol. The highest BCUT2D eigenvalue weighted by Crippen LogP contribution is 2.26. The second-order valence-corrected chi connectivity index (χ2v) is 7.22. The largest absolute Gasteiger partial charge is 0.347 e. The Bertz CT molecular complexity index is 1110. The van der Waals surface area contributed by atoms with E-state index in [0.29, 0.717) is 6.54 Å². The maximum Gasteiger partial charge on any atom is 0.262 e. The number of hydrogen-bond donors (Lipinski definition) is 1. The van der Waals surface area contributed by atoms with Gasteiger partial charge in [-0.1, -0.05) is 42.5 Å². The Hall–Kier alpha value is -3.58. The van der Waals surface area contributed by atoms with Gasteiger partial charge in [-0.15, -0.1) is 0 Å². The Balaban J connectivity index is 1.90. The van der Waals surface area contributed by atoms with Crippen LogP contribution in [0.2, 0.25) is 0 Å². The minimum Gasteiger partial charge on any atom is -0.347 e. The third-order valence-corrected chi connectivity index (χ3v) is 5.25. The van der Waals surface area contributed by atoms with Gasteiger partial charge in [-0.3, -0.25) is 4.79 Å². The summed E-state index contributed by atoms with van der Waals surface area (Å²) in [6.45, 7) is 8.64. The number of aryl methyl sites for hydroxylation is 2. The molecule has 0 spiro atoms. The van der Waals surface area contributed by atoms with E-state index in [1.807, 2.05) is 62.4 Å². The van der Waals surface area contributed by atoms with E-state index in [-0.39, 0.29) is 11.5 Å². The fraction of sp³-hybridized carbons (Fsp3) is 0.200. The zero-order valence-corrected chi connectivity index (χ0v) is 17.3. The van der Waals surface area contributed by atoms with Crippen LogP contribution in [0.1, 0.15) is 33.6 Å². The minimum atomic E-state index is -0.368. The Labute approximate surface area is 172 Å². The molecule has 0 saturated carbocycles. The number of nitriles is 1. The van der Waals surface area contributed by atoms with E-state index in [9.17, 15) is 10.1 Å². The number of benzene rings is 2. The summed E-state index contributed by atoms with van der Waals surface area (Å²) in [5.74, 6) is -0.368. The summed E-state index contributed by atoms with van der Waals surface area (Å²) in [6, 6.07) is 19.9.